The van der Waals surface area contributed by atoms with Crippen LogP contribution in [-0.2, 0) is 19.2 Å². The summed E-state index contributed by atoms with van der Waals surface area (Å²) >= 11 is 0. The third-order valence-electron chi connectivity index (χ3n) is 4.13. The van der Waals surface area contributed by atoms with Crippen LogP contribution in [0.3, 0.4) is 0 Å². The van der Waals surface area contributed by atoms with Crippen molar-refractivity contribution in [3.63, 3.8) is 0 Å². The number of hydrogen-bond donors (Lipinski definition) is 1. The van der Waals surface area contributed by atoms with Gasteiger partial charge in [0.2, 0.25) is 23.6 Å². The van der Waals surface area contributed by atoms with Gasteiger partial charge in [0, 0.05) is 27.2 Å². The van der Waals surface area contributed by atoms with Crippen LogP contribution in [0, 0.1) is 0 Å². The molecule has 0 radical (unpaired) electrons. The van der Waals surface area contributed by atoms with Gasteiger partial charge in [-0.15, -0.1) is 0 Å². The first-order valence-corrected chi connectivity index (χ1v) is 6.87. The molecule has 2 heterocycles. The van der Waals surface area contributed by atoms with Gasteiger partial charge in [-0.3, -0.25) is 33.9 Å². The predicted molar refractivity (Wildman–Crippen MR) is 73.0 cm³/mol. The lowest BCUT2D eigenvalue weighted by molar-refractivity contribution is -0.139. The van der Waals surface area contributed by atoms with E-state index in [2.05, 4.69) is 5.32 Å². The molecule has 0 spiro atoms. The molecule has 2 saturated heterocycles. The molecule has 0 aromatic rings. The third kappa shape index (κ3) is 2.96. The highest BCUT2D eigenvalue weighted by molar-refractivity contribution is 6.05. The van der Waals surface area contributed by atoms with E-state index in [4.69, 9.17) is 0 Å². The van der Waals surface area contributed by atoms with E-state index in [1.54, 1.807) is 11.9 Å². The van der Waals surface area contributed by atoms with Crippen molar-refractivity contribution in [2.24, 2.45) is 0 Å². The maximum atomic E-state index is 11.9. The standard InChI is InChI=1S/C13H20N4O4/c1-15(9-7-11(19)17(3)13(9)21)5-4-14-8-6-10(18)16(2)12(8)20/h8-9,14H,4-7H2,1-3H3. The average molecular weight is 296 g/mol. The van der Waals surface area contributed by atoms with E-state index in [-0.39, 0.29) is 36.5 Å². The van der Waals surface area contributed by atoms with Crippen LogP contribution in [0.15, 0.2) is 0 Å². The molecule has 8 nitrogen and oxygen atoms in total. The maximum absolute atomic E-state index is 11.9. The van der Waals surface area contributed by atoms with Gasteiger partial charge in [-0.1, -0.05) is 0 Å². The van der Waals surface area contributed by atoms with E-state index < -0.39 is 12.1 Å². The van der Waals surface area contributed by atoms with Crippen LogP contribution in [0.1, 0.15) is 12.8 Å². The van der Waals surface area contributed by atoms with Crippen molar-refractivity contribution in [1.82, 2.24) is 20.0 Å². The molecule has 2 aliphatic heterocycles. The van der Waals surface area contributed by atoms with E-state index in [0.717, 1.165) is 9.80 Å². The number of likely N-dealkylation sites (N-methyl/N-ethyl adjacent to an activating group) is 3. The lowest BCUT2D eigenvalue weighted by atomic mass is 10.2. The lowest BCUT2D eigenvalue weighted by Crippen LogP contribution is -2.44. The Morgan fingerprint density at radius 2 is 1.62 bits per heavy atom. The molecule has 2 atom stereocenters. The molecule has 1 N–H and O–H groups in total. The van der Waals surface area contributed by atoms with Crippen molar-refractivity contribution in [2.45, 2.75) is 24.9 Å². The Kier molecular flexibility index (Phi) is 4.38. The van der Waals surface area contributed by atoms with Crippen LogP contribution in [0.5, 0.6) is 0 Å². The van der Waals surface area contributed by atoms with E-state index in [9.17, 15) is 19.2 Å². The minimum absolute atomic E-state index is 0.169. The number of likely N-dealkylation sites (tertiary alicyclic amines) is 2. The fourth-order valence-corrected chi connectivity index (χ4v) is 2.57. The van der Waals surface area contributed by atoms with Crippen molar-refractivity contribution < 1.29 is 19.2 Å². The number of amides is 4. The quantitative estimate of drug-likeness (QED) is 0.592. The first-order valence-electron chi connectivity index (χ1n) is 6.87. The topological polar surface area (TPSA) is 90.0 Å². The van der Waals surface area contributed by atoms with Gasteiger partial charge in [0.25, 0.3) is 0 Å². The summed E-state index contributed by atoms with van der Waals surface area (Å²) in [5.74, 6) is -0.795. The Bertz CT molecular complexity index is 493. The van der Waals surface area contributed by atoms with Gasteiger partial charge in [0.1, 0.15) is 0 Å². The Hall–Kier alpha value is -1.80. The minimum Gasteiger partial charge on any atom is -0.304 e. The second-order valence-electron chi connectivity index (χ2n) is 5.49. The Balaban J connectivity index is 1.79. The molecule has 8 heteroatoms. The number of nitrogens with zero attached hydrogens (tertiary/aromatic N) is 3. The predicted octanol–water partition coefficient (Wildman–Crippen LogP) is -1.98. The van der Waals surface area contributed by atoms with Gasteiger partial charge in [-0.25, -0.2) is 0 Å². The van der Waals surface area contributed by atoms with Crippen LogP contribution in [0.4, 0.5) is 0 Å². The second kappa shape index (κ2) is 5.90. The Labute approximate surface area is 123 Å². The summed E-state index contributed by atoms with van der Waals surface area (Å²) in [5, 5.41) is 3.02. The van der Waals surface area contributed by atoms with Crippen molar-refractivity contribution >= 4 is 23.6 Å². The molecule has 2 unspecified atom stereocenters. The van der Waals surface area contributed by atoms with Crippen LogP contribution in [0.25, 0.3) is 0 Å². The molecule has 2 fully saturated rings. The smallest absolute Gasteiger partial charge is 0.246 e. The highest BCUT2D eigenvalue weighted by atomic mass is 16.2. The van der Waals surface area contributed by atoms with E-state index in [1.165, 1.54) is 14.1 Å². The first-order chi connectivity index (χ1) is 9.82. The normalized spacial score (nSPS) is 26.7. The number of imide groups is 2. The molecule has 116 valence electrons. The van der Waals surface area contributed by atoms with Crippen LogP contribution >= 0.6 is 0 Å². The third-order valence-corrected chi connectivity index (χ3v) is 4.13. The van der Waals surface area contributed by atoms with Gasteiger partial charge in [-0.05, 0) is 7.05 Å². The fraction of sp³-hybridized carbons (Fsp3) is 0.692. The zero-order valence-electron chi connectivity index (χ0n) is 12.5. The lowest BCUT2D eigenvalue weighted by Gasteiger charge is -2.22. The van der Waals surface area contributed by atoms with E-state index in [1.807, 2.05) is 0 Å². The molecule has 4 amide bonds. The van der Waals surface area contributed by atoms with Crippen molar-refractivity contribution in [2.75, 3.05) is 34.2 Å². The molecule has 2 aliphatic rings. The molecule has 0 saturated carbocycles. The van der Waals surface area contributed by atoms with E-state index in [0.29, 0.717) is 13.1 Å². The number of hydrogen-bond acceptors (Lipinski definition) is 6. The summed E-state index contributed by atoms with van der Waals surface area (Å²) < 4.78 is 0. The highest BCUT2D eigenvalue weighted by Crippen LogP contribution is 2.15. The average Bonchev–Trinajstić information content (AvgIpc) is 2.84. The summed E-state index contributed by atoms with van der Waals surface area (Å²) in [7, 11) is 4.72. The molecule has 2 rings (SSSR count). The van der Waals surface area contributed by atoms with Crippen LogP contribution in [-0.4, -0.2) is 84.6 Å². The molecule has 0 aliphatic carbocycles. The number of carbonyl (C=O) groups excluding carboxylic acids is 4. The Morgan fingerprint density at radius 1 is 1.05 bits per heavy atom. The first kappa shape index (κ1) is 15.6. The summed E-state index contributed by atoms with van der Waals surface area (Å²) in [4.78, 5) is 50.5. The molecule has 0 bridgehead atoms. The van der Waals surface area contributed by atoms with Gasteiger partial charge in [0.15, 0.2) is 0 Å². The molecule has 0 aromatic heterocycles. The zero-order valence-corrected chi connectivity index (χ0v) is 12.5. The largest absolute Gasteiger partial charge is 0.304 e. The van der Waals surface area contributed by atoms with Crippen LogP contribution in [0.2, 0.25) is 0 Å². The molecule has 21 heavy (non-hydrogen) atoms. The molecular formula is C13H20N4O4. The van der Waals surface area contributed by atoms with Gasteiger partial charge in [0.05, 0.1) is 24.9 Å². The summed E-state index contributed by atoms with van der Waals surface area (Å²) in [6.07, 6.45) is 0.359. The van der Waals surface area contributed by atoms with Gasteiger partial charge >= 0.3 is 0 Å². The fourth-order valence-electron chi connectivity index (χ4n) is 2.57. The van der Waals surface area contributed by atoms with Crippen molar-refractivity contribution in [3.8, 4) is 0 Å². The summed E-state index contributed by atoms with van der Waals surface area (Å²) in [5.41, 5.74) is 0. The zero-order chi connectivity index (χ0) is 15.7. The molecule has 0 aromatic carbocycles. The van der Waals surface area contributed by atoms with E-state index >= 15 is 0 Å². The molecular weight excluding hydrogens is 276 g/mol. The highest BCUT2D eigenvalue weighted by Gasteiger charge is 2.39. The maximum Gasteiger partial charge on any atom is 0.246 e. The summed E-state index contributed by atoms with van der Waals surface area (Å²) in [6.45, 7) is 0.981. The number of nitrogens with one attached hydrogen (secondary N) is 1. The number of carbonyl (C=O) groups is 4. The van der Waals surface area contributed by atoms with Crippen molar-refractivity contribution in [1.29, 1.82) is 0 Å². The second-order valence-corrected chi connectivity index (χ2v) is 5.49. The SMILES string of the molecule is CN1C(=O)CC(NCCN(C)C2CC(=O)N(C)C2=O)C1=O. The van der Waals surface area contributed by atoms with Crippen LogP contribution < -0.4 is 5.32 Å². The summed E-state index contributed by atoms with van der Waals surface area (Å²) in [6, 6.07) is -0.924. The minimum atomic E-state index is -0.487. The Morgan fingerprint density at radius 3 is 2.10 bits per heavy atom. The van der Waals surface area contributed by atoms with Gasteiger partial charge < -0.3 is 5.32 Å². The number of rotatable bonds is 5. The monoisotopic (exact) mass is 296 g/mol. The van der Waals surface area contributed by atoms with Crippen molar-refractivity contribution in [3.05, 3.63) is 0 Å². The van der Waals surface area contributed by atoms with Gasteiger partial charge in [-0.2, -0.15) is 0 Å².